The summed E-state index contributed by atoms with van der Waals surface area (Å²) in [6.45, 7) is 5.96. The Morgan fingerprint density at radius 1 is 1.47 bits per heavy atom. The van der Waals surface area contributed by atoms with Crippen LogP contribution in [0.2, 0.25) is 0 Å². The van der Waals surface area contributed by atoms with E-state index in [2.05, 4.69) is 17.2 Å². The molecule has 1 aromatic carbocycles. The molecule has 0 saturated carbocycles. The third-order valence-corrected chi connectivity index (χ3v) is 2.88. The van der Waals surface area contributed by atoms with Gasteiger partial charge in [0.25, 0.3) is 5.91 Å². The van der Waals surface area contributed by atoms with Gasteiger partial charge in [-0.15, -0.1) is 0 Å². The van der Waals surface area contributed by atoms with Gasteiger partial charge >= 0.3 is 0 Å². The van der Waals surface area contributed by atoms with Crippen molar-refractivity contribution < 1.29 is 9.18 Å². The quantitative estimate of drug-likeness (QED) is 0.819. The SMILES string of the molecule is CCC(C)(C)NC(=O)c1cc(C#CCN)ccc1F. The van der Waals surface area contributed by atoms with E-state index >= 15 is 0 Å². The number of nitrogens with one attached hydrogen (secondary N) is 1. The van der Waals surface area contributed by atoms with Crippen LogP contribution in [-0.2, 0) is 0 Å². The van der Waals surface area contributed by atoms with E-state index in [1.165, 1.54) is 18.2 Å². The molecular weight excluding hydrogens is 243 g/mol. The van der Waals surface area contributed by atoms with Crippen LogP contribution in [0.1, 0.15) is 43.1 Å². The van der Waals surface area contributed by atoms with Gasteiger partial charge in [0.15, 0.2) is 0 Å². The summed E-state index contributed by atoms with van der Waals surface area (Å²) in [5, 5.41) is 2.79. The van der Waals surface area contributed by atoms with Crippen LogP contribution in [0, 0.1) is 17.7 Å². The van der Waals surface area contributed by atoms with Crippen LogP contribution in [0.5, 0.6) is 0 Å². The van der Waals surface area contributed by atoms with Crippen molar-refractivity contribution in [3.63, 3.8) is 0 Å². The molecule has 0 radical (unpaired) electrons. The summed E-state index contributed by atoms with van der Waals surface area (Å²) in [6, 6.07) is 4.22. The fourth-order valence-corrected chi connectivity index (χ4v) is 1.39. The van der Waals surface area contributed by atoms with Crippen LogP contribution in [0.25, 0.3) is 0 Å². The van der Waals surface area contributed by atoms with E-state index in [0.717, 1.165) is 6.42 Å². The largest absolute Gasteiger partial charge is 0.347 e. The van der Waals surface area contributed by atoms with Gasteiger partial charge in [-0.3, -0.25) is 4.79 Å². The first kappa shape index (κ1) is 15.2. The zero-order valence-corrected chi connectivity index (χ0v) is 11.5. The van der Waals surface area contributed by atoms with Gasteiger partial charge in [0.05, 0.1) is 12.1 Å². The molecule has 0 aliphatic rings. The third-order valence-electron chi connectivity index (χ3n) is 2.88. The Kier molecular flexibility index (Phi) is 5.08. The highest BCUT2D eigenvalue weighted by Crippen LogP contribution is 2.13. The minimum atomic E-state index is -0.553. The maximum atomic E-state index is 13.7. The summed E-state index contributed by atoms with van der Waals surface area (Å²) in [5.74, 6) is 4.47. The van der Waals surface area contributed by atoms with Crippen LogP contribution in [0.15, 0.2) is 18.2 Å². The first-order chi connectivity index (χ1) is 8.89. The lowest BCUT2D eigenvalue weighted by molar-refractivity contribution is 0.0907. The number of carbonyl (C=O) groups is 1. The number of nitrogens with two attached hydrogens (primary N) is 1. The van der Waals surface area contributed by atoms with Crippen molar-refractivity contribution in [2.45, 2.75) is 32.7 Å². The molecule has 0 bridgehead atoms. The number of hydrogen-bond acceptors (Lipinski definition) is 2. The summed E-state index contributed by atoms with van der Waals surface area (Å²) in [4.78, 5) is 12.0. The van der Waals surface area contributed by atoms with Crippen LogP contribution in [0.4, 0.5) is 4.39 Å². The van der Waals surface area contributed by atoms with Crippen molar-refractivity contribution in [2.75, 3.05) is 6.54 Å². The van der Waals surface area contributed by atoms with Gasteiger partial charge in [0.1, 0.15) is 5.82 Å². The number of rotatable bonds is 3. The third kappa shape index (κ3) is 4.38. The Labute approximate surface area is 113 Å². The fourth-order valence-electron chi connectivity index (χ4n) is 1.39. The zero-order valence-electron chi connectivity index (χ0n) is 11.5. The molecular formula is C15H19FN2O. The van der Waals surface area contributed by atoms with Crippen molar-refractivity contribution in [3.05, 3.63) is 35.1 Å². The normalized spacial score (nSPS) is 10.6. The topological polar surface area (TPSA) is 55.1 Å². The number of halogens is 1. The highest BCUT2D eigenvalue weighted by Gasteiger charge is 2.21. The minimum Gasteiger partial charge on any atom is -0.347 e. The summed E-state index contributed by atoms with van der Waals surface area (Å²) < 4.78 is 13.7. The van der Waals surface area contributed by atoms with E-state index in [1.807, 2.05) is 20.8 Å². The fraction of sp³-hybridized carbons (Fsp3) is 0.400. The standard InChI is InChI=1S/C15H19FN2O/c1-4-15(2,3)18-14(19)12-10-11(6-5-9-17)7-8-13(12)16/h7-8,10H,4,9,17H2,1-3H3,(H,18,19). The van der Waals surface area contributed by atoms with E-state index in [9.17, 15) is 9.18 Å². The molecule has 0 fully saturated rings. The van der Waals surface area contributed by atoms with Gasteiger partial charge in [0, 0.05) is 11.1 Å². The molecule has 1 aromatic rings. The molecule has 0 heterocycles. The highest BCUT2D eigenvalue weighted by molar-refractivity contribution is 5.95. The molecule has 0 unspecified atom stereocenters. The molecule has 4 heteroatoms. The summed E-state index contributed by atoms with van der Waals surface area (Å²) >= 11 is 0. The summed E-state index contributed by atoms with van der Waals surface area (Å²) in [5.41, 5.74) is 5.49. The molecule has 1 amide bonds. The maximum absolute atomic E-state index is 13.7. The lowest BCUT2D eigenvalue weighted by Gasteiger charge is -2.24. The van der Waals surface area contributed by atoms with Gasteiger partial charge in [0.2, 0.25) is 0 Å². The molecule has 1 rings (SSSR count). The highest BCUT2D eigenvalue weighted by atomic mass is 19.1. The van der Waals surface area contributed by atoms with Gasteiger partial charge < -0.3 is 11.1 Å². The molecule has 0 aromatic heterocycles. The first-order valence-electron chi connectivity index (χ1n) is 6.20. The molecule has 0 spiro atoms. The molecule has 3 nitrogen and oxygen atoms in total. The smallest absolute Gasteiger partial charge is 0.254 e. The Bertz CT molecular complexity index is 527. The monoisotopic (exact) mass is 262 g/mol. The van der Waals surface area contributed by atoms with Crippen molar-refractivity contribution >= 4 is 5.91 Å². The number of amides is 1. The lowest BCUT2D eigenvalue weighted by Crippen LogP contribution is -2.43. The number of benzene rings is 1. The lowest BCUT2D eigenvalue weighted by atomic mass is 10.0. The summed E-state index contributed by atoms with van der Waals surface area (Å²) in [7, 11) is 0. The average molecular weight is 262 g/mol. The molecule has 0 aliphatic carbocycles. The molecule has 0 saturated heterocycles. The predicted molar refractivity (Wildman–Crippen MR) is 74.2 cm³/mol. The van der Waals surface area contributed by atoms with Crippen LogP contribution in [0.3, 0.4) is 0 Å². The van der Waals surface area contributed by atoms with Crippen molar-refractivity contribution in [2.24, 2.45) is 5.73 Å². The number of hydrogen-bond donors (Lipinski definition) is 2. The first-order valence-corrected chi connectivity index (χ1v) is 6.20. The average Bonchev–Trinajstić information content (AvgIpc) is 2.37. The van der Waals surface area contributed by atoms with Crippen LogP contribution >= 0.6 is 0 Å². The maximum Gasteiger partial charge on any atom is 0.254 e. The summed E-state index contributed by atoms with van der Waals surface area (Å²) in [6.07, 6.45) is 0.757. The molecule has 0 atom stereocenters. The van der Waals surface area contributed by atoms with Crippen LogP contribution < -0.4 is 11.1 Å². The minimum absolute atomic E-state index is 0.00495. The molecule has 102 valence electrons. The number of carbonyl (C=O) groups excluding carboxylic acids is 1. The second-order valence-corrected chi connectivity index (χ2v) is 4.89. The second kappa shape index (κ2) is 6.35. The molecule has 0 aliphatic heterocycles. The van der Waals surface area contributed by atoms with E-state index in [4.69, 9.17) is 5.73 Å². The Morgan fingerprint density at radius 3 is 2.74 bits per heavy atom. The van der Waals surface area contributed by atoms with E-state index < -0.39 is 11.7 Å². The van der Waals surface area contributed by atoms with Gasteiger partial charge in [-0.1, -0.05) is 18.8 Å². The van der Waals surface area contributed by atoms with Gasteiger partial charge in [-0.2, -0.15) is 0 Å². The van der Waals surface area contributed by atoms with E-state index in [-0.39, 0.29) is 17.6 Å². The Balaban J connectivity index is 3.02. The van der Waals surface area contributed by atoms with Gasteiger partial charge in [-0.05, 0) is 38.5 Å². The second-order valence-electron chi connectivity index (χ2n) is 4.89. The van der Waals surface area contributed by atoms with Crippen molar-refractivity contribution in [1.29, 1.82) is 0 Å². The Morgan fingerprint density at radius 2 is 2.16 bits per heavy atom. The van der Waals surface area contributed by atoms with E-state index in [1.54, 1.807) is 0 Å². The molecule has 3 N–H and O–H groups in total. The van der Waals surface area contributed by atoms with Crippen LogP contribution in [-0.4, -0.2) is 18.0 Å². The van der Waals surface area contributed by atoms with E-state index in [0.29, 0.717) is 5.56 Å². The molecule has 19 heavy (non-hydrogen) atoms. The zero-order chi connectivity index (χ0) is 14.5. The van der Waals surface area contributed by atoms with Crippen molar-refractivity contribution in [1.82, 2.24) is 5.32 Å². The van der Waals surface area contributed by atoms with Crippen molar-refractivity contribution in [3.8, 4) is 11.8 Å². The van der Waals surface area contributed by atoms with Gasteiger partial charge in [-0.25, -0.2) is 4.39 Å². The Hall–Kier alpha value is -1.86. The predicted octanol–water partition coefficient (Wildman–Crippen LogP) is 2.05.